The molecule has 0 aliphatic carbocycles. The van der Waals surface area contributed by atoms with Gasteiger partial charge < -0.3 is 34.5 Å². The number of ether oxygens (including phenoxy) is 1. The summed E-state index contributed by atoms with van der Waals surface area (Å²) in [6.07, 6.45) is 6.34. The molecule has 0 bridgehead atoms. The summed E-state index contributed by atoms with van der Waals surface area (Å²) in [5.41, 5.74) is 0.909. The Bertz CT molecular complexity index is 688. The van der Waals surface area contributed by atoms with Crippen molar-refractivity contribution in [1.82, 2.24) is 10.6 Å². The fourth-order valence-corrected chi connectivity index (χ4v) is 3.33. The summed E-state index contributed by atoms with van der Waals surface area (Å²) in [7, 11) is 4.09. The zero-order valence-electron chi connectivity index (χ0n) is 20.6. The summed E-state index contributed by atoms with van der Waals surface area (Å²) in [6.45, 7) is 8.94. The first-order valence-electron chi connectivity index (χ1n) is 11.5. The normalized spacial score (nSPS) is 12.5. The Morgan fingerprint density at radius 3 is 2.39 bits per heavy atom. The van der Waals surface area contributed by atoms with E-state index in [0.29, 0.717) is 48.0 Å². The lowest BCUT2D eigenvalue weighted by atomic mass is 10.0. The molecule has 2 N–H and O–H groups in total. The highest BCUT2D eigenvalue weighted by Gasteiger charge is 2.27. The second-order valence-electron chi connectivity index (χ2n) is 8.83. The van der Waals surface area contributed by atoms with E-state index in [2.05, 4.69) is 17.2 Å². The minimum atomic E-state index is -1.06. The standard InChI is InChI=1S/C24H41N3O6/c1-19(2)24(32)33-17-9-13-25-18-20(3)23(31)26-14-8-15-27(4,5)21(10-6-7-16-28)11-12-22(29)30/h16,18,21H,1,6-15,17H2,2-5H3,(H2-,25,26,29,30,31). The summed E-state index contributed by atoms with van der Waals surface area (Å²) in [5.74, 6) is -1.64. The number of unbranched alkanes of at least 4 members (excludes halogenated alkanes) is 1. The minimum absolute atomic E-state index is 0.00249. The molecule has 0 saturated heterocycles. The van der Waals surface area contributed by atoms with Crippen LogP contribution in [0.4, 0.5) is 0 Å². The lowest BCUT2D eigenvalue weighted by molar-refractivity contribution is -0.915. The Labute approximate surface area is 197 Å². The van der Waals surface area contributed by atoms with E-state index in [-0.39, 0.29) is 25.0 Å². The first kappa shape index (κ1) is 30.3. The number of amides is 1. The highest BCUT2D eigenvalue weighted by atomic mass is 16.5. The van der Waals surface area contributed by atoms with E-state index >= 15 is 0 Å². The minimum Gasteiger partial charge on any atom is -0.550 e. The Kier molecular flexibility index (Phi) is 15.5. The number of nitrogens with zero attached hydrogens (tertiary/aromatic N) is 1. The van der Waals surface area contributed by atoms with E-state index in [9.17, 15) is 24.3 Å². The molecular weight excluding hydrogens is 426 g/mol. The van der Waals surface area contributed by atoms with E-state index in [1.165, 1.54) is 0 Å². The van der Waals surface area contributed by atoms with Gasteiger partial charge in [0, 0.05) is 55.7 Å². The molecule has 0 fully saturated rings. The second kappa shape index (κ2) is 16.9. The first-order chi connectivity index (χ1) is 15.5. The van der Waals surface area contributed by atoms with Crippen LogP contribution in [-0.2, 0) is 23.9 Å². The van der Waals surface area contributed by atoms with Crippen molar-refractivity contribution in [2.24, 2.45) is 0 Å². The van der Waals surface area contributed by atoms with Gasteiger partial charge in [-0.2, -0.15) is 0 Å². The van der Waals surface area contributed by atoms with Gasteiger partial charge in [-0.25, -0.2) is 4.79 Å². The largest absolute Gasteiger partial charge is 0.550 e. The van der Waals surface area contributed by atoms with Crippen molar-refractivity contribution >= 4 is 24.1 Å². The van der Waals surface area contributed by atoms with Crippen LogP contribution in [0.5, 0.6) is 0 Å². The van der Waals surface area contributed by atoms with Gasteiger partial charge in [0.05, 0.1) is 33.3 Å². The van der Waals surface area contributed by atoms with Gasteiger partial charge >= 0.3 is 5.97 Å². The molecule has 1 atom stereocenters. The van der Waals surface area contributed by atoms with Gasteiger partial charge in [0.25, 0.3) is 0 Å². The van der Waals surface area contributed by atoms with E-state index in [4.69, 9.17) is 4.74 Å². The van der Waals surface area contributed by atoms with Gasteiger partial charge in [0.2, 0.25) is 5.91 Å². The SMILES string of the molecule is C=C(C)C(=O)OCCCNC=C(C)C(=O)NCCC[N+](C)(C)C(CCCC=O)CCC(=O)[O-]. The van der Waals surface area contributed by atoms with Gasteiger partial charge in [0.15, 0.2) is 0 Å². The zero-order chi connectivity index (χ0) is 25.3. The van der Waals surface area contributed by atoms with Gasteiger partial charge in [-0.15, -0.1) is 0 Å². The van der Waals surface area contributed by atoms with Crippen LogP contribution < -0.4 is 15.7 Å². The molecule has 0 saturated carbocycles. The summed E-state index contributed by atoms with van der Waals surface area (Å²) in [5, 5.41) is 16.8. The molecule has 33 heavy (non-hydrogen) atoms. The maximum Gasteiger partial charge on any atom is 0.333 e. The molecule has 9 heteroatoms. The number of hydrogen-bond donors (Lipinski definition) is 2. The highest BCUT2D eigenvalue weighted by molar-refractivity contribution is 5.92. The number of carboxylic acid groups (broad SMARTS) is 1. The van der Waals surface area contributed by atoms with Crippen LogP contribution in [0, 0.1) is 0 Å². The lowest BCUT2D eigenvalue weighted by Crippen LogP contribution is -2.50. The molecular formula is C24H41N3O6. The van der Waals surface area contributed by atoms with Crippen LogP contribution in [-0.4, -0.2) is 75.0 Å². The molecule has 0 aromatic rings. The molecule has 188 valence electrons. The average Bonchev–Trinajstić information content (AvgIpc) is 2.74. The number of aldehydes is 1. The molecule has 1 unspecified atom stereocenters. The van der Waals surface area contributed by atoms with Crippen LogP contribution in [0.2, 0.25) is 0 Å². The summed E-state index contributed by atoms with van der Waals surface area (Å²) in [4.78, 5) is 45.0. The number of carboxylic acids is 1. The molecule has 0 rings (SSSR count). The van der Waals surface area contributed by atoms with Gasteiger partial charge in [-0.05, 0) is 39.5 Å². The van der Waals surface area contributed by atoms with Gasteiger partial charge in [0.1, 0.15) is 6.29 Å². The number of rotatable bonds is 19. The van der Waals surface area contributed by atoms with Crippen LogP contribution in [0.15, 0.2) is 23.9 Å². The smallest absolute Gasteiger partial charge is 0.333 e. The number of hydrogen-bond acceptors (Lipinski definition) is 7. The maximum absolute atomic E-state index is 12.2. The van der Waals surface area contributed by atoms with E-state index in [0.717, 1.165) is 32.1 Å². The molecule has 0 aromatic heterocycles. The van der Waals surface area contributed by atoms with Gasteiger partial charge in [-0.3, -0.25) is 4.79 Å². The number of aliphatic carboxylic acids is 1. The van der Waals surface area contributed by atoms with Crippen molar-refractivity contribution in [2.75, 3.05) is 40.3 Å². The Morgan fingerprint density at radius 1 is 1.09 bits per heavy atom. The average molecular weight is 468 g/mol. The van der Waals surface area contributed by atoms with Crippen molar-refractivity contribution in [2.45, 2.75) is 64.8 Å². The summed E-state index contributed by atoms with van der Waals surface area (Å²) < 4.78 is 5.61. The fourth-order valence-electron chi connectivity index (χ4n) is 3.33. The Morgan fingerprint density at radius 2 is 1.79 bits per heavy atom. The number of carbonyl (C=O) groups excluding carboxylic acids is 4. The second-order valence-corrected chi connectivity index (χ2v) is 8.83. The molecule has 0 heterocycles. The first-order valence-corrected chi connectivity index (χ1v) is 11.5. The Balaban J connectivity index is 4.32. The van der Waals surface area contributed by atoms with E-state index in [1.54, 1.807) is 20.0 Å². The van der Waals surface area contributed by atoms with Crippen LogP contribution >= 0.6 is 0 Å². The third kappa shape index (κ3) is 14.9. The predicted molar refractivity (Wildman–Crippen MR) is 125 cm³/mol. The quantitative estimate of drug-likeness (QED) is 0.0948. The molecule has 0 spiro atoms. The van der Waals surface area contributed by atoms with Crippen molar-refractivity contribution < 1.29 is 33.5 Å². The van der Waals surface area contributed by atoms with E-state index < -0.39 is 11.9 Å². The molecule has 9 nitrogen and oxygen atoms in total. The van der Waals surface area contributed by atoms with Gasteiger partial charge in [-0.1, -0.05) is 6.58 Å². The number of nitrogens with one attached hydrogen (secondary N) is 2. The lowest BCUT2D eigenvalue weighted by Gasteiger charge is -2.38. The topological polar surface area (TPSA) is 125 Å². The van der Waals surface area contributed by atoms with Crippen molar-refractivity contribution in [3.8, 4) is 0 Å². The van der Waals surface area contributed by atoms with Crippen molar-refractivity contribution in [1.29, 1.82) is 0 Å². The zero-order valence-corrected chi connectivity index (χ0v) is 20.6. The molecule has 0 aliphatic heterocycles. The summed E-state index contributed by atoms with van der Waals surface area (Å²) >= 11 is 0. The highest BCUT2D eigenvalue weighted by Crippen LogP contribution is 2.19. The number of quaternary nitrogens is 1. The predicted octanol–water partition coefficient (Wildman–Crippen LogP) is 0.840. The third-order valence-corrected chi connectivity index (χ3v) is 5.45. The number of esters is 1. The van der Waals surface area contributed by atoms with Crippen LogP contribution in [0.3, 0.4) is 0 Å². The molecule has 0 radical (unpaired) electrons. The van der Waals surface area contributed by atoms with Crippen LogP contribution in [0.1, 0.15) is 58.8 Å². The molecule has 1 amide bonds. The van der Waals surface area contributed by atoms with E-state index in [1.807, 2.05) is 14.1 Å². The fraction of sp³-hybridized carbons (Fsp3) is 0.667. The molecule has 0 aliphatic rings. The third-order valence-electron chi connectivity index (χ3n) is 5.45. The monoisotopic (exact) mass is 467 g/mol. The maximum atomic E-state index is 12.2. The van der Waals surface area contributed by atoms with Crippen molar-refractivity contribution in [3.63, 3.8) is 0 Å². The Hall–Kier alpha value is -2.68. The number of carbonyl (C=O) groups is 4. The molecule has 0 aromatic carbocycles. The van der Waals surface area contributed by atoms with Crippen molar-refractivity contribution in [3.05, 3.63) is 23.9 Å². The van der Waals surface area contributed by atoms with Crippen LogP contribution in [0.25, 0.3) is 0 Å². The summed E-state index contributed by atoms with van der Waals surface area (Å²) in [6, 6.07) is 0.110.